The summed E-state index contributed by atoms with van der Waals surface area (Å²) in [5.41, 5.74) is 12.9. The number of nitrogens with zero attached hydrogens (tertiary/aromatic N) is 1. The molecule has 6 nitrogen and oxygen atoms in total. The second-order valence-corrected chi connectivity index (χ2v) is 5.56. The van der Waals surface area contributed by atoms with Gasteiger partial charge in [-0.15, -0.1) is 0 Å². The summed E-state index contributed by atoms with van der Waals surface area (Å²) in [5, 5.41) is 0. The Bertz CT molecular complexity index is 697. The van der Waals surface area contributed by atoms with Crippen LogP contribution in [0.4, 0.5) is 5.69 Å². The molecule has 132 valence electrons. The van der Waals surface area contributed by atoms with Crippen LogP contribution in [-0.2, 0) is 4.79 Å². The van der Waals surface area contributed by atoms with Crippen molar-refractivity contribution in [3.63, 3.8) is 0 Å². The first kappa shape index (κ1) is 18.5. The van der Waals surface area contributed by atoms with Gasteiger partial charge < -0.3 is 10.6 Å². The molecule has 0 fully saturated rings. The summed E-state index contributed by atoms with van der Waals surface area (Å²) in [6, 6.07) is 15.5. The van der Waals surface area contributed by atoms with Gasteiger partial charge >= 0.3 is 0 Å². The number of rotatable bonds is 8. The molecule has 0 saturated heterocycles. The number of benzene rings is 2. The van der Waals surface area contributed by atoms with Crippen LogP contribution in [0.25, 0.3) is 0 Å². The Morgan fingerprint density at radius 1 is 1.00 bits per heavy atom. The molecule has 0 spiro atoms. The summed E-state index contributed by atoms with van der Waals surface area (Å²) < 4.78 is 0. The van der Waals surface area contributed by atoms with E-state index in [1.54, 1.807) is 36.4 Å². The largest absolute Gasteiger partial charge is 0.372 e. The molecule has 1 atom stereocenters. The number of primary amides is 1. The standard InChI is InChI=1S/C19H24N4O2/c1-3-23(4-2)16-12-10-15(11-13-16)19(25)22-21-17(18(20)24)14-8-6-5-7-9-14/h5-13,17,21H,3-4H2,1-2H3,(H2,20,24)(H,22,25)/t17-/m0/s1. The minimum absolute atomic E-state index is 0.326. The minimum atomic E-state index is -0.792. The van der Waals surface area contributed by atoms with Gasteiger partial charge in [-0.05, 0) is 43.7 Å². The Kier molecular flexibility index (Phi) is 6.54. The van der Waals surface area contributed by atoms with Crippen LogP contribution in [0.1, 0.15) is 35.8 Å². The number of anilines is 1. The summed E-state index contributed by atoms with van der Waals surface area (Å²) in [7, 11) is 0. The zero-order chi connectivity index (χ0) is 18.2. The van der Waals surface area contributed by atoms with E-state index in [1.165, 1.54) is 0 Å². The first-order valence-corrected chi connectivity index (χ1v) is 8.32. The highest BCUT2D eigenvalue weighted by Gasteiger charge is 2.18. The Balaban J connectivity index is 2.02. The summed E-state index contributed by atoms with van der Waals surface area (Å²) in [6.07, 6.45) is 0. The second kappa shape index (κ2) is 8.84. The van der Waals surface area contributed by atoms with E-state index in [0.29, 0.717) is 11.1 Å². The van der Waals surface area contributed by atoms with Gasteiger partial charge in [0.25, 0.3) is 5.91 Å². The van der Waals surface area contributed by atoms with Crippen molar-refractivity contribution in [1.82, 2.24) is 10.9 Å². The third-order valence-corrected chi connectivity index (χ3v) is 4.01. The first-order chi connectivity index (χ1) is 12.1. The topological polar surface area (TPSA) is 87.5 Å². The van der Waals surface area contributed by atoms with Gasteiger partial charge in [0.2, 0.25) is 5.91 Å². The van der Waals surface area contributed by atoms with Gasteiger partial charge in [0.1, 0.15) is 6.04 Å². The van der Waals surface area contributed by atoms with Crippen molar-refractivity contribution < 1.29 is 9.59 Å². The number of hydrogen-bond acceptors (Lipinski definition) is 4. The number of hydrogen-bond donors (Lipinski definition) is 3. The lowest BCUT2D eigenvalue weighted by molar-refractivity contribution is -0.120. The first-order valence-electron chi connectivity index (χ1n) is 8.32. The lowest BCUT2D eigenvalue weighted by Crippen LogP contribution is -2.45. The fourth-order valence-electron chi connectivity index (χ4n) is 2.59. The smallest absolute Gasteiger partial charge is 0.265 e. The van der Waals surface area contributed by atoms with E-state index < -0.39 is 11.9 Å². The van der Waals surface area contributed by atoms with Crippen LogP contribution in [0.15, 0.2) is 54.6 Å². The molecule has 2 rings (SSSR count). The molecule has 0 aliphatic carbocycles. The molecule has 4 N–H and O–H groups in total. The van der Waals surface area contributed by atoms with Gasteiger partial charge in [-0.25, -0.2) is 5.43 Å². The molecule has 2 aromatic carbocycles. The number of carbonyl (C=O) groups is 2. The highest BCUT2D eigenvalue weighted by molar-refractivity contribution is 5.94. The molecule has 0 aliphatic heterocycles. The van der Waals surface area contributed by atoms with Crippen molar-refractivity contribution in [2.75, 3.05) is 18.0 Å². The van der Waals surface area contributed by atoms with E-state index in [2.05, 4.69) is 29.6 Å². The predicted molar refractivity (Wildman–Crippen MR) is 99.0 cm³/mol. The summed E-state index contributed by atoms with van der Waals surface area (Å²) >= 11 is 0. The monoisotopic (exact) mass is 340 g/mol. The van der Waals surface area contributed by atoms with Crippen LogP contribution in [0.3, 0.4) is 0 Å². The minimum Gasteiger partial charge on any atom is -0.372 e. The summed E-state index contributed by atoms with van der Waals surface area (Å²) in [5.74, 6) is -0.892. The third kappa shape index (κ3) is 4.81. The fraction of sp³-hybridized carbons (Fsp3) is 0.263. The number of amides is 2. The lowest BCUT2D eigenvalue weighted by Gasteiger charge is -2.21. The molecule has 6 heteroatoms. The number of nitrogens with two attached hydrogens (primary N) is 1. The molecule has 0 heterocycles. The van der Waals surface area contributed by atoms with Crippen LogP contribution in [-0.4, -0.2) is 24.9 Å². The molecule has 0 bridgehead atoms. The van der Waals surface area contributed by atoms with Gasteiger partial charge in [0, 0.05) is 24.3 Å². The molecule has 25 heavy (non-hydrogen) atoms. The Labute approximate surface area is 148 Å². The Morgan fingerprint density at radius 2 is 1.60 bits per heavy atom. The van der Waals surface area contributed by atoms with E-state index in [4.69, 9.17) is 5.73 Å². The van der Waals surface area contributed by atoms with Crippen LogP contribution >= 0.6 is 0 Å². The Hall–Kier alpha value is -2.86. The molecule has 0 aliphatic rings. The van der Waals surface area contributed by atoms with Gasteiger partial charge in [0.05, 0.1) is 0 Å². The summed E-state index contributed by atoms with van der Waals surface area (Å²) in [6.45, 7) is 5.98. The van der Waals surface area contributed by atoms with Gasteiger partial charge in [-0.1, -0.05) is 30.3 Å². The maximum atomic E-state index is 12.3. The molecule has 0 radical (unpaired) electrons. The average Bonchev–Trinajstić information content (AvgIpc) is 2.64. The van der Waals surface area contributed by atoms with E-state index >= 15 is 0 Å². The van der Waals surface area contributed by atoms with E-state index in [0.717, 1.165) is 18.8 Å². The molecule has 0 saturated carbocycles. The maximum Gasteiger partial charge on any atom is 0.265 e. The van der Waals surface area contributed by atoms with Crippen molar-refractivity contribution in [2.45, 2.75) is 19.9 Å². The SMILES string of the molecule is CCN(CC)c1ccc(C(=O)NN[C@H](C(N)=O)c2ccccc2)cc1. The molecular weight excluding hydrogens is 316 g/mol. The number of hydrazine groups is 1. The lowest BCUT2D eigenvalue weighted by atomic mass is 10.1. The highest BCUT2D eigenvalue weighted by Crippen LogP contribution is 2.15. The van der Waals surface area contributed by atoms with Crippen molar-refractivity contribution in [2.24, 2.45) is 5.73 Å². The van der Waals surface area contributed by atoms with Gasteiger partial charge in [-0.2, -0.15) is 0 Å². The molecular formula is C19H24N4O2. The fourth-order valence-corrected chi connectivity index (χ4v) is 2.59. The summed E-state index contributed by atoms with van der Waals surface area (Å²) in [4.78, 5) is 26.1. The van der Waals surface area contributed by atoms with Crippen molar-refractivity contribution in [3.8, 4) is 0 Å². The molecule has 0 aromatic heterocycles. The van der Waals surface area contributed by atoms with Crippen LogP contribution in [0, 0.1) is 0 Å². The van der Waals surface area contributed by atoms with Gasteiger partial charge in [0.15, 0.2) is 0 Å². The van der Waals surface area contributed by atoms with Crippen LogP contribution < -0.4 is 21.5 Å². The zero-order valence-electron chi connectivity index (χ0n) is 14.5. The Morgan fingerprint density at radius 3 is 2.12 bits per heavy atom. The molecule has 0 unspecified atom stereocenters. The van der Waals surface area contributed by atoms with E-state index in [1.807, 2.05) is 18.2 Å². The zero-order valence-corrected chi connectivity index (χ0v) is 14.5. The number of nitrogens with one attached hydrogen (secondary N) is 2. The van der Waals surface area contributed by atoms with E-state index in [9.17, 15) is 9.59 Å². The predicted octanol–water partition coefficient (Wildman–Crippen LogP) is 1.99. The third-order valence-electron chi connectivity index (χ3n) is 4.01. The normalized spacial score (nSPS) is 11.6. The molecule has 2 amide bonds. The van der Waals surface area contributed by atoms with Gasteiger partial charge in [-0.3, -0.25) is 15.0 Å². The molecule has 2 aromatic rings. The van der Waals surface area contributed by atoms with Crippen molar-refractivity contribution in [1.29, 1.82) is 0 Å². The van der Waals surface area contributed by atoms with E-state index in [-0.39, 0.29) is 5.91 Å². The quantitative estimate of drug-likeness (QED) is 0.641. The highest BCUT2D eigenvalue weighted by atomic mass is 16.2. The average molecular weight is 340 g/mol. The number of carbonyl (C=O) groups excluding carboxylic acids is 2. The van der Waals surface area contributed by atoms with Crippen LogP contribution in [0.2, 0.25) is 0 Å². The maximum absolute atomic E-state index is 12.3. The van der Waals surface area contributed by atoms with Crippen LogP contribution in [0.5, 0.6) is 0 Å². The van der Waals surface area contributed by atoms with Crippen molar-refractivity contribution >= 4 is 17.5 Å². The van der Waals surface area contributed by atoms with Crippen molar-refractivity contribution in [3.05, 3.63) is 65.7 Å². The second-order valence-electron chi connectivity index (χ2n) is 5.56.